The van der Waals surface area contributed by atoms with Crippen molar-refractivity contribution < 1.29 is 0 Å². The fourth-order valence-electron chi connectivity index (χ4n) is 1.23. The highest BCUT2D eigenvalue weighted by atomic mass is 15.3. The lowest BCUT2D eigenvalue weighted by Gasteiger charge is -2.15. The van der Waals surface area contributed by atoms with E-state index in [0.29, 0.717) is 12.1 Å². The largest absolute Gasteiger partial charge is 0.310 e. The summed E-state index contributed by atoms with van der Waals surface area (Å²) in [5.41, 5.74) is 0. The third-order valence-corrected chi connectivity index (χ3v) is 1.55. The summed E-state index contributed by atoms with van der Waals surface area (Å²) in [6.07, 6.45) is 3.29. The molecule has 0 saturated carbocycles. The van der Waals surface area contributed by atoms with Crippen LogP contribution in [0, 0.1) is 0 Å². The molecule has 68 valence electrons. The van der Waals surface area contributed by atoms with Gasteiger partial charge in [0.1, 0.15) is 12.7 Å². The van der Waals surface area contributed by atoms with E-state index >= 15 is 0 Å². The Bertz CT molecular complexity index is 205. The summed E-state index contributed by atoms with van der Waals surface area (Å²) in [7, 11) is 0. The fraction of sp³-hybridized carbons (Fsp3) is 0.750. The SMILES string of the molecule is CC(C)NC(C)Cn1cncn1. The number of aromatic nitrogens is 3. The van der Waals surface area contributed by atoms with Crippen molar-refractivity contribution in [3.63, 3.8) is 0 Å². The van der Waals surface area contributed by atoms with Crippen LogP contribution in [0.25, 0.3) is 0 Å². The smallest absolute Gasteiger partial charge is 0.137 e. The first kappa shape index (κ1) is 9.19. The van der Waals surface area contributed by atoms with Gasteiger partial charge >= 0.3 is 0 Å². The van der Waals surface area contributed by atoms with Crippen molar-refractivity contribution in [3.8, 4) is 0 Å². The van der Waals surface area contributed by atoms with Crippen LogP contribution in [0.3, 0.4) is 0 Å². The molecule has 0 aliphatic heterocycles. The Labute approximate surface area is 73.0 Å². The highest BCUT2D eigenvalue weighted by Crippen LogP contribution is 1.90. The van der Waals surface area contributed by atoms with Crippen molar-refractivity contribution in [1.29, 1.82) is 0 Å². The zero-order valence-electron chi connectivity index (χ0n) is 7.86. The highest BCUT2D eigenvalue weighted by molar-refractivity contribution is 4.66. The van der Waals surface area contributed by atoms with E-state index in [0.717, 1.165) is 6.54 Å². The molecule has 0 bridgehead atoms. The number of rotatable bonds is 4. The molecule has 0 aliphatic carbocycles. The molecule has 1 unspecified atom stereocenters. The first-order valence-electron chi connectivity index (χ1n) is 4.27. The second-order valence-electron chi connectivity index (χ2n) is 3.34. The maximum absolute atomic E-state index is 4.03. The van der Waals surface area contributed by atoms with Crippen molar-refractivity contribution in [3.05, 3.63) is 12.7 Å². The molecule has 1 rings (SSSR count). The number of nitrogens with zero attached hydrogens (tertiary/aromatic N) is 3. The minimum atomic E-state index is 0.437. The van der Waals surface area contributed by atoms with Crippen LogP contribution >= 0.6 is 0 Å². The Balaban J connectivity index is 2.32. The van der Waals surface area contributed by atoms with Gasteiger partial charge in [-0.2, -0.15) is 5.10 Å². The Morgan fingerprint density at radius 2 is 2.17 bits per heavy atom. The third-order valence-electron chi connectivity index (χ3n) is 1.55. The van der Waals surface area contributed by atoms with Gasteiger partial charge in [-0.25, -0.2) is 4.98 Å². The second-order valence-corrected chi connectivity index (χ2v) is 3.34. The van der Waals surface area contributed by atoms with E-state index in [1.165, 1.54) is 0 Å². The first-order valence-corrected chi connectivity index (χ1v) is 4.27. The minimum Gasteiger partial charge on any atom is -0.310 e. The first-order chi connectivity index (χ1) is 5.68. The molecule has 1 aromatic heterocycles. The van der Waals surface area contributed by atoms with Gasteiger partial charge < -0.3 is 5.32 Å². The van der Waals surface area contributed by atoms with Gasteiger partial charge in [0.2, 0.25) is 0 Å². The zero-order valence-corrected chi connectivity index (χ0v) is 7.86. The van der Waals surface area contributed by atoms with Gasteiger partial charge in [-0.3, -0.25) is 4.68 Å². The Morgan fingerprint density at radius 3 is 2.67 bits per heavy atom. The molecule has 12 heavy (non-hydrogen) atoms. The normalized spacial score (nSPS) is 13.7. The molecule has 4 heteroatoms. The number of nitrogens with one attached hydrogen (secondary N) is 1. The summed E-state index contributed by atoms with van der Waals surface area (Å²) in [5.74, 6) is 0. The Morgan fingerprint density at radius 1 is 1.42 bits per heavy atom. The van der Waals surface area contributed by atoms with Crippen molar-refractivity contribution in [1.82, 2.24) is 20.1 Å². The van der Waals surface area contributed by atoms with Crippen LogP contribution in [0.5, 0.6) is 0 Å². The minimum absolute atomic E-state index is 0.437. The Hall–Kier alpha value is -0.900. The molecule has 1 N–H and O–H groups in total. The van der Waals surface area contributed by atoms with E-state index in [-0.39, 0.29) is 0 Å². The van der Waals surface area contributed by atoms with E-state index in [2.05, 4.69) is 36.2 Å². The van der Waals surface area contributed by atoms with Gasteiger partial charge in [0, 0.05) is 12.1 Å². The van der Waals surface area contributed by atoms with Crippen LogP contribution in [0.15, 0.2) is 12.7 Å². The molecule has 1 aromatic rings. The quantitative estimate of drug-likeness (QED) is 0.718. The summed E-state index contributed by atoms with van der Waals surface area (Å²) in [6, 6.07) is 0.954. The molecule has 0 aromatic carbocycles. The highest BCUT2D eigenvalue weighted by Gasteiger charge is 2.03. The topological polar surface area (TPSA) is 42.7 Å². The predicted octanol–water partition coefficient (Wildman–Crippen LogP) is 0.665. The average Bonchev–Trinajstić information content (AvgIpc) is 2.37. The molecule has 0 fully saturated rings. The van der Waals surface area contributed by atoms with Crippen LogP contribution in [-0.2, 0) is 6.54 Å². The summed E-state index contributed by atoms with van der Waals surface area (Å²) in [6.45, 7) is 7.29. The molecular formula is C8H16N4. The van der Waals surface area contributed by atoms with Crippen molar-refractivity contribution >= 4 is 0 Å². The van der Waals surface area contributed by atoms with Gasteiger partial charge in [-0.15, -0.1) is 0 Å². The summed E-state index contributed by atoms with van der Waals surface area (Å²) < 4.78 is 1.83. The van der Waals surface area contributed by atoms with Crippen LogP contribution < -0.4 is 5.32 Å². The van der Waals surface area contributed by atoms with E-state index in [1.54, 1.807) is 12.7 Å². The third kappa shape index (κ3) is 3.00. The van der Waals surface area contributed by atoms with E-state index < -0.39 is 0 Å². The van der Waals surface area contributed by atoms with Gasteiger partial charge in [0.25, 0.3) is 0 Å². The molecule has 0 amide bonds. The molecule has 1 atom stereocenters. The molecule has 0 saturated heterocycles. The lowest BCUT2D eigenvalue weighted by Crippen LogP contribution is -2.35. The molecule has 0 radical (unpaired) electrons. The van der Waals surface area contributed by atoms with E-state index in [1.807, 2.05) is 4.68 Å². The Kier molecular flexibility index (Phi) is 3.22. The van der Waals surface area contributed by atoms with Crippen molar-refractivity contribution in [2.24, 2.45) is 0 Å². The molecule has 4 nitrogen and oxygen atoms in total. The summed E-state index contributed by atoms with van der Waals surface area (Å²) in [4.78, 5) is 3.88. The average molecular weight is 168 g/mol. The second kappa shape index (κ2) is 4.21. The molecule has 0 spiro atoms. The van der Waals surface area contributed by atoms with Crippen molar-refractivity contribution in [2.75, 3.05) is 0 Å². The van der Waals surface area contributed by atoms with E-state index in [9.17, 15) is 0 Å². The van der Waals surface area contributed by atoms with E-state index in [4.69, 9.17) is 0 Å². The lowest BCUT2D eigenvalue weighted by atomic mass is 10.3. The monoisotopic (exact) mass is 168 g/mol. The maximum Gasteiger partial charge on any atom is 0.137 e. The summed E-state index contributed by atoms with van der Waals surface area (Å²) >= 11 is 0. The number of hydrogen-bond acceptors (Lipinski definition) is 3. The lowest BCUT2D eigenvalue weighted by molar-refractivity contribution is 0.419. The standard InChI is InChI=1S/C8H16N4/c1-7(2)11-8(3)4-12-6-9-5-10-12/h5-8,11H,4H2,1-3H3. The van der Waals surface area contributed by atoms with Gasteiger partial charge in [-0.05, 0) is 6.92 Å². The van der Waals surface area contributed by atoms with Crippen LogP contribution in [0.1, 0.15) is 20.8 Å². The van der Waals surface area contributed by atoms with Gasteiger partial charge in [-0.1, -0.05) is 13.8 Å². The summed E-state index contributed by atoms with van der Waals surface area (Å²) in [5, 5.41) is 7.42. The van der Waals surface area contributed by atoms with Gasteiger partial charge in [0.05, 0.1) is 6.54 Å². The molecule has 0 aliphatic rings. The van der Waals surface area contributed by atoms with Crippen LogP contribution in [0.4, 0.5) is 0 Å². The molecular weight excluding hydrogens is 152 g/mol. The fourth-order valence-corrected chi connectivity index (χ4v) is 1.23. The predicted molar refractivity (Wildman–Crippen MR) is 47.8 cm³/mol. The van der Waals surface area contributed by atoms with Crippen LogP contribution in [0.2, 0.25) is 0 Å². The maximum atomic E-state index is 4.03. The van der Waals surface area contributed by atoms with Crippen molar-refractivity contribution in [2.45, 2.75) is 39.4 Å². The molecule has 1 heterocycles. The number of hydrogen-bond donors (Lipinski definition) is 1. The zero-order chi connectivity index (χ0) is 8.97. The van der Waals surface area contributed by atoms with Gasteiger partial charge in [0.15, 0.2) is 0 Å². The van der Waals surface area contributed by atoms with Crippen LogP contribution in [-0.4, -0.2) is 26.8 Å².